The molecule has 10 nitrogen and oxygen atoms in total. The number of rotatable bonds is 11. The number of fused-ring (bicyclic) bond motifs is 1. The van der Waals surface area contributed by atoms with Gasteiger partial charge in [-0.05, 0) is 70.0 Å². The minimum absolute atomic E-state index is 0.103. The first-order valence-corrected chi connectivity index (χ1v) is 13.9. The Morgan fingerprint density at radius 3 is 2.50 bits per heavy atom. The van der Waals surface area contributed by atoms with E-state index in [0.29, 0.717) is 12.1 Å². The number of methoxy groups -OCH3 is 2. The van der Waals surface area contributed by atoms with Gasteiger partial charge in [-0.25, -0.2) is 13.5 Å². The quantitative estimate of drug-likeness (QED) is 0.221. The molecule has 0 fully saturated rings. The lowest BCUT2D eigenvalue weighted by Gasteiger charge is -2.18. The summed E-state index contributed by atoms with van der Waals surface area (Å²) in [5.41, 5.74) is 4.06. The molecular formula is C28H30FN2O8P. The number of amides is 1. The molecule has 2 atom stereocenters. The van der Waals surface area contributed by atoms with Gasteiger partial charge in [-0.1, -0.05) is 25.1 Å². The summed E-state index contributed by atoms with van der Waals surface area (Å²) in [4.78, 5) is 34.8. The molecule has 212 valence electrons. The number of hydrogen-bond acceptors (Lipinski definition) is 7. The number of pyridine rings is 1. The van der Waals surface area contributed by atoms with Crippen molar-refractivity contribution in [3.63, 3.8) is 0 Å². The lowest BCUT2D eigenvalue weighted by atomic mass is 9.88. The summed E-state index contributed by atoms with van der Waals surface area (Å²) < 4.78 is 45.9. The Morgan fingerprint density at radius 1 is 1.15 bits per heavy atom. The second kappa shape index (κ2) is 12.6. The lowest BCUT2D eigenvalue weighted by Crippen LogP contribution is -2.25. The predicted octanol–water partition coefficient (Wildman–Crippen LogP) is 4.66. The Morgan fingerprint density at radius 2 is 1.88 bits per heavy atom. The SMILES string of the molecule is COc1cc(/C=C2\c3ccc(F)cc3C(CC(=O)NCc3cccnc3)C2C)cc(OC)c1OCOP(=O)(O)O. The fourth-order valence-electron chi connectivity index (χ4n) is 4.77. The number of nitrogens with zero attached hydrogens (tertiary/aromatic N) is 1. The average Bonchev–Trinajstić information content (AvgIpc) is 3.17. The zero-order valence-corrected chi connectivity index (χ0v) is 23.1. The molecule has 1 aliphatic carbocycles. The monoisotopic (exact) mass is 572 g/mol. The summed E-state index contributed by atoms with van der Waals surface area (Å²) in [6.45, 7) is 1.62. The molecule has 0 saturated heterocycles. The largest absolute Gasteiger partial charge is 0.493 e. The van der Waals surface area contributed by atoms with Gasteiger partial charge >= 0.3 is 7.82 Å². The van der Waals surface area contributed by atoms with E-state index in [1.807, 2.05) is 19.1 Å². The topological polar surface area (TPSA) is 136 Å². The van der Waals surface area contributed by atoms with Crippen LogP contribution in [0, 0.1) is 11.7 Å². The number of hydrogen-bond donors (Lipinski definition) is 3. The maximum Gasteiger partial charge on any atom is 0.472 e. The normalized spacial score (nSPS) is 17.4. The molecule has 2 aromatic carbocycles. The van der Waals surface area contributed by atoms with Crippen LogP contribution in [0.1, 0.15) is 41.5 Å². The molecule has 4 rings (SSSR count). The smallest absolute Gasteiger partial charge is 0.472 e. The molecule has 0 saturated carbocycles. The van der Waals surface area contributed by atoms with Gasteiger partial charge in [-0.3, -0.25) is 9.78 Å². The van der Waals surface area contributed by atoms with Crippen LogP contribution in [0.15, 0.2) is 54.9 Å². The van der Waals surface area contributed by atoms with Crippen molar-refractivity contribution in [3.05, 3.63) is 82.9 Å². The van der Waals surface area contributed by atoms with E-state index in [4.69, 9.17) is 24.0 Å². The van der Waals surface area contributed by atoms with Gasteiger partial charge in [-0.2, -0.15) is 0 Å². The van der Waals surface area contributed by atoms with Crippen molar-refractivity contribution >= 4 is 25.4 Å². The number of nitrogens with one attached hydrogen (secondary N) is 1. The van der Waals surface area contributed by atoms with Crippen molar-refractivity contribution in [2.24, 2.45) is 5.92 Å². The molecule has 1 aliphatic rings. The number of phosphoric acid groups is 1. The zero-order chi connectivity index (χ0) is 28.9. The Hall–Kier alpha value is -3.76. The number of phosphoric ester groups is 1. The fourth-order valence-corrected chi connectivity index (χ4v) is 4.96. The highest BCUT2D eigenvalue weighted by Gasteiger charge is 2.35. The lowest BCUT2D eigenvalue weighted by molar-refractivity contribution is -0.121. The van der Waals surface area contributed by atoms with Crippen LogP contribution in [0.25, 0.3) is 11.6 Å². The number of allylic oxidation sites excluding steroid dienone is 1. The van der Waals surface area contributed by atoms with E-state index in [1.54, 1.807) is 36.7 Å². The van der Waals surface area contributed by atoms with Gasteiger partial charge in [0, 0.05) is 25.4 Å². The van der Waals surface area contributed by atoms with Gasteiger partial charge < -0.3 is 29.3 Å². The number of aromatic nitrogens is 1. The summed E-state index contributed by atoms with van der Waals surface area (Å²) in [5.74, 6) is -0.304. The van der Waals surface area contributed by atoms with E-state index in [0.717, 1.165) is 22.3 Å². The van der Waals surface area contributed by atoms with Crippen LogP contribution in [-0.4, -0.2) is 41.7 Å². The molecule has 0 bridgehead atoms. The molecule has 0 radical (unpaired) electrons. The van der Waals surface area contributed by atoms with Crippen LogP contribution in [0.3, 0.4) is 0 Å². The van der Waals surface area contributed by atoms with Crippen molar-refractivity contribution in [2.45, 2.75) is 25.8 Å². The van der Waals surface area contributed by atoms with E-state index in [2.05, 4.69) is 14.8 Å². The highest BCUT2D eigenvalue weighted by molar-refractivity contribution is 7.46. The number of carbonyl (C=O) groups excluding carboxylic acids is 1. The summed E-state index contributed by atoms with van der Waals surface area (Å²) in [5, 5.41) is 2.92. The first kappa shape index (κ1) is 29.2. The molecule has 1 aromatic heterocycles. The predicted molar refractivity (Wildman–Crippen MR) is 145 cm³/mol. The zero-order valence-electron chi connectivity index (χ0n) is 22.2. The first-order chi connectivity index (χ1) is 19.1. The molecule has 12 heteroatoms. The van der Waals surface area contributed by atoms with Gasteiger partial charge in [0.1, 0.15) is 5.82 Å². The Bertz CT molecular complexity index is 1420. The van der Waals surface area contributed by atoms with Crippen LogP contribution in [-0.2, 0) is 20.4 Å². The Labute approximate surface area is 231 Å². The number of benzene rings is 2. The molecule has 40 heavy (non-hydrogen) atoms. The Balaban J connectivity index is 1.61. The molecule has 0 aliphatic heterocycles. The number of ether oxygens (including phenoxy) is 3. The van der Waals surface area contributed by atoms with E-state index in [-0.39, 0.29) is 47.2 Å². The van der Waals surface area contributed by atoms with Crippen LogP contribution < -0.4 is 19.5 Å². The van der Waals surface area contributed by atoms with Crippen molar-refractivity contribution in [2.75, 3.05) is 21.0 Å². The van der Waals surface area contributed by atoms with Gasteiger partial charge in [0.05, 0.1) is 14.2 Å². The molecule has 1 amide bonds. The Kier molecular flexibility index (Phi) is 9.21. The minimum Gasteiger partial charge on any atom is -0.493 e. The summed E-state index contributed by atoms with van der Waals surface area (Å²) in [6, 6.07) is 11.6. The fraction of sp³-hybridized carbons (Fsp3) is 0.286. The second-order valence-corrected chi connectivity index (χ2v) is 10.4. The maximum absolute atomic E-state index is 14.3. The standard InChI is InChI=1S/C28H30FN2O8P/c1-17-22(9-19-10-25(36-2)28(26(11-19)37-3)38-16-39-40(33,34)35)21-7-6-20(29)12-24(21)23(17)13-27(32)31-15-18-5-4-8-30-14-18/h4-12,14,17,23H,13,15-16H2,1-3H3,(H,31,32)(H2,33,34,35)/b22-9-. The van der Waals surface area contributed by atoms with Gasteiger partial charge in [-0.15, -0.1) is 0 Å². The third-order valence-corrected chi connectivity index (χ3v) is 7.11. The minimum atomic E-state index is -4.73. The van der Waals surface area contributed by atoms with Crippen LogP contribution in [0.2, 0.25) is 0 Å². The number of halogens is 1. The van der Waals surface area contributed by atoms with Crippen molar-refractivity contribution in [1.82, 2.24) is 10.3 Å². The third-order valence-electron chi connectivity index (χ3n) is 6.67. The van der Waals surface area contributed by atoms with E-state index < -0.39 is 14.6 Å². The first-order valence-electron chi connectivity index (χ1n) is 12.4. The molecule has 2 unspecified atom stereocenters. The highest BCUT2D eigenvalue weighted by atomic mass is 31.2. The number of carbonyl (C=O) groups is 1. The van der Waals surface area contributed by atoms with Gasteiger partial charge in [0.2, 0.25) is 18.4 Å². The summed E-state index contributed by atoms with van der Waals surface area (Å²) in [7, 11) is -1.90. The van der Waals surface area contributed by atoms with Crippen molar-refractivity contribution < 1.29 is 42.3 Å². The molecular weight excluding hydrogens is 542 g/mol. The molecule has 0 spiro atoms. The van der Waals surface area contributed by atoms with Crippen LogP contribution in [0.5, 0.6) is 17.2 Å². The molecule has 3 N–H and O–H groups in total. The van der Waals surface area contributed by atoms with E-state index in [9.17, 15) is 13.8 Å². The average molecular weight is 573 g/mol. The highest BCUT2D eigenvalue weighted by Crippen LogP contribution is 2.49. The van der Waals surface area contributed by atoms with Crippen LogP contribution >= 0.6 is 7.82 Å². The summed E-state index contributed by atoms with van der Waals surface area (Å²) >= 11 is 0. The summed E-state index contributed by atoms with van der Waals surface area (Å²) in [6.07, 6.45) is 5.44. The molecule has 3 aromatic rings. The van der Waals surface area contributed by atoms with Crippen molar-refractivity contribution in [1.29, 1.82) is 0 Å². The van der Waals surface area contributed by atoms with Crippen molar-refractivity contribution in [3.8, 4) is 17.2 Å². The maximum atomic E-state index is 14.3. The third kappa shape index (κ3) is 7.05. The van der Waals surface area contributed by atoms with E-state index >= 15 is 0 Å². The van der Waals surface area contributed by atoms with Gasteiger partial charge in [0.15, 0.2) is 11.5 Å². The van der Waals surface area contributed by atoms with Gasteiger partial charge in [0.25, 0.3) is 0 Å². The van der Waals surface area contributed by atoms with E-state index in [1.165, 1.54) is 26.4 Å². The molecule has 1 heterocycles. The van der Waals surface area contributed by atoms with Crippen LogP contribution in [0.4, 0.5) is 4.39 Å². The second-order valence-electron chi connectivity index (χ2n) is 9.20.